The molecule has 1 aliphatic carbocycles. The largest absolute Gasteiger partial charge is 0.494 e. The van der Waals surface area contributed by atoms with Gasteiger partial charge in [-0.3, -0.25) is 4.79 Å². The number of amides is 1. The van der Waals surface area contributed by atoms with Crippen LogP contribution in [0.4, 0.5) is 0 Å². The average Bonchev–Trinajstić information content (AvgIpc) is 3.31. The molecule has 1 aliphatic rings. The van der Waals surface area contributed by atoms with Crippen molar-refractivity contribution in [3.8, 4) is 17.1 Å². The number of aryl methyl sites for hydroxylation is 1. The van der Waals surface area contributed by atoms with Crippen LogP contribution in [-0.4, -0.2) is 58.4 Å². The van der Waals surface area contributed by atoms with Crippen LogP contribution in [0, 0.1) is 12.8 Å². The van der Waals surface area contributed by atoms with Crippen molar-refractivity contribution in [1.29, 1.82) is 0 Å². The molecule has 4 rings (SSSR count). The summed E-state index contributed by atoms with van der Waals surface area (Å²) in [5.41, 5.74) is 2.55. The van der Waals surface area contributed by atoms with Crippen LogP contribution in [0.1, 0.15) is 54.4 Å². The lowest BCUT2D eigenvalue weighted by atomic mass is 9.86. The first kappa shape index (κ1) is 26.7. The second-order valence-electron chi connectivity index (χ2n) is 9.42. The molecule has 0 atom stereocenters. The third kappa shape index (κ3) is 7.80. The van der Waals surface area contributed by atoms with Gasteiger partial charge in [0.25, 0.3) is 5.91 Å². The summed E-state index contributed by atoms with van der Waals surface area (Å²) in [6.45, 7) is 5.28. The average molecular weight is 528 g/mol. The second-order valence-corrected chi connectivity index (χ2v) is 11.2. The van der Waals surface area contributed by atoms with Gasteiger partial charge < -0.3 is 10.1 Å². The molecule has 2 heterocycles. The number of carbonyl (C=O) groups excluding carboxylic acids is 1. The highest BCUT2D eigenvalue weighted by Gasteiger charge is 2.24. The second kappa shape index (κ2) is 11.8. The van der Waals surface area contributed by atoms with Gasteiger partial charge in [0.05, 0.1) is 19.4 Å². The van der Waals surface area contributed by atoms with E-state index < -0.39 is 10.0 Å². The van der Waals surface area contributed by atoms with Crippen LogP contribution in [0.2, 0.25) is 0 Å². The number of sulfonamides is 1. The minimum atomic E-state index is -3.19. The molecule has 1 saturated carbocycles. The van der Waals surface area contributed by atoms with E-state index in [1.807, 2.05) is 44.2 Å². The Morgan fingerprint density at radius 1 is 1.16 bits per heavy atom. The molecular weight excluding hydrogens is 494 g/mol. The number of pyridine rings is 1. The molecular formula is C25H33N7O4S. The summed E-state index contributed by atoms with van der Waals surface area (Å²) >= 11 is 0. The number of carbonyl (C=O) groups is 1. The number of aromatic nitrogens is 5. The summed E-state index contributed by atoms with van der Waals surface area (Å²) in [5, 5.41) is 15.8. The maximum absolute atomic E-state index is 12.8. The Labute approximate surface area is 217 Å². The summed E-state index contributed by atoms with van der Waals surface area (Å²) < 4.78 is 31.1. The zero-order valence-electron chi connectivity index (χ0n) is 21.3. The van der Waals surface area contributed by atoms with Crippen LogP contribution >= 0.6 is 0 Å². The summed E-state index contributed by atoms with van der Waals surface area (Å²) in [7, 11) is -3.19. The minimum Gasteiger partial charge on any atom is -0.494 e. The van der Waals surface area contributed by atoms with Gasteiger partial charge >= 0.3 is 0 Å². The highest BCUT2D eigenvalue weighted by molar-refractivity contribution is 7.88. The molecule has 2 N–H and O–H groups in total. The highest BCUT2D eigenvalue weighted by Crippen LogP contribution is 2.26. The number of hydrogen-bond donors (Lipinski definition) is 2. The molecule has 2 aromatic heterocycles. The third-order valence-corrected chi connectivity index (χ3v) is 6.97. The summed E-state index contributed by atoms with van der Waals surface area (Å²) in [4.78, 5) is 18.8. The van der Waals surface area contributed by atoms with Gasteiger partial charge in [-0.15, -0.1) is 10.2 Å². The van der Waals surface area contributed by atoms with E-state index in [1.165, 1.54) is 6.26 Å². The summed E-state index contributed by atoms with van der Waals surface area (Å²) in [6.07, 6.45) is 4.54. The van der Waals surface area contributed by atoms with Crippen LogP contribution < -0.4 is 14.8 Å². The molecule has 3 aromatic rings. The van der Waals surface area contributed by atoms with E-state index in [4.69, 9.17) is 4.74 Å². The van der Waals surface area contributed by atoms with Crippen LogP contribution in [0.15, 0.2) is 36.4 Å². The molecule has 37 heavy (non-hydrogen) atoms. The molecule has 12 heteroatoms. The molecule has 0 unspecified atom stereocenters. The zero-order valence-corrected chi connectivity index (χ0v) is 22.2. The van der Waals surface area contributed by atoms with E-state index in [1.54, 1.807) is 10.9 Å². The van der Waals surface area contributed by atoms with Crippen molar-refractivity contribution in [2.45, 2.75) is 58.7 Å². The molecule has 1 amide bonds. The van der Waals surface area contributed by atoms with Gasteiger partial charge in [0.1, 0.15) is 11.4 Å². The maximum Gasteiger partial charge on any atom is 0.270 e. The van der Waals surface area contributed by atoms with E-state index in [2.05, 4.69) is 30.4 Å². The van der Waals surface area contributed by atoms with E-state index in [0.29, 0.717) is 42.7 Å². The highest BCUT2D eigenvalue weighted by atomic mass is 32.2. The van der Waals surface area contributed by atoms with Crippen molar-refractivity contribution in [1.82, 2.24) is 35.2 Å². The van der Waals surface area contributed by atoms with Crippen LogP contribution in [-0.2, 0) is 23.1 Å². The quantitative estimate of drug-likeness (QED) is 0.410. The lowest BCUT2D eigenvalue weighted by Gasteiger charge is -2.27. The standard InChI is InChI=1S/C25H33N7O4S/c1-4-36-22-7-5-6-19(13-22)15-26-25(33)23-14-20(12-17(2)27-23)24-28-31-32(29-24)16-18-8-10-21(11-9-18)30-37(3,34)35/h5-7,12-14,18,21,30H,4,8-11,15-16H2,1-3H3,(H,26,33)/t18-,21-. The first-order valence-corrected chi connectivity index (χ1v) is 14.3. The van der Waals surface area contributed by atoms with Crippen LogP contribution in [0.3, 0.4) is 0 Å². The lowest BCUT2D eigenvalue weighted by Crippen LogP contribution is -2.37. The number of rotatable bonds is 10. The van der Waals surface area contributed by atoms with Gasteiger partial charge in [0, 0.05) is 23.8 Å². The predicted octanol–water partition coefficient (Wildman–Crippen LogP) is 2.48. The maximum atomic E-state index is 12.8. The van der Waals surface area contributed by atoms with Gasteiger partial charge in [-0.2, -0.15) is 4.80 Å². The molecule has 0 saturated heterocycles. The van der Waals surface area contributed by atoms with E-state index in [9.17, 15) is 13.2 Å². The Morgan fingerprint density at radius 3 is 2.68 bits per heavy atom. The van der Waals surface area contributed by atoms with Gasteiger partial charge in [0.15, 0.2) is 0 Å². The zero-order chi connectivity index (χ0) is 26.4. The van der Waals surface area contributed by atoms with Gasteiger partial charge in [-0.1, -0.05) is 12.1 Å². The van der Waals surface area contributed by atoms with Crippen molar-refractivity contribution in [2.75, 3.05) is 12.9 Å². The smallest absolute Gasteiger partial charge is 0.270 e. The van der Waals surface area contributed by atoms with Gasteiger partial charge in [-0.05, 0) is 80.5 Å². The van der Waals surface area contributed by atoms with E-state index in [0.717, 1.165) is 37.0 Å². The SMILES string of the molecule is CCOc1cccc(CNC(=O)c2cc(-c3nnn(C[C@H]4CC[C@H](NS(C)(=O)=O)CC4)n3)cc(C)n2)c1. The summed E-state index contributed by atoms with van der Waals surface area (Å²) in [5.74, 6) is 1.24. The van der Waals surface area contributed by atoms with Crippen LogP contribution in [0.5, 0.6) is 5.75 Å². The molecule has 1 aromatic carbocycles. The van der Waals surface area contributed by atoms with E-state index in [-0.39, 0.29) is 17.6 Å². The third-order valence-electron chi connectivity index (χ3n) is 6.21. The van der Waals surface area contributed by atoms with Crippen molar-refractivity contribution in [3.63, 3.8) is 0 Å². The predicted molar refractivity (Wildman–Crippen MR) is 138 cm³/mol. The number of nitrogens with one attached hydrogen (secondary N) is 2. The topological polar surface area (TPSA) is 141 Å². The van der Waals surface area contributed by atoms with E-state index >= 15 is 0 Å². The van der Waals surface area contributed by atoms with Crippen molar-refractivity contribution in [3.05, 3.63) is 53.3 Å². The first-order chi connectivity index (χ1) is 17.7. The molecule has 198 valence electrons. The lowest BCUT2D eigenvalue weighted by molar-refractivity contribution is 0.0945. The fraction of sp³-hybridized carbons (Fsp3) is 0.480. The monoisotopic (exact) mass is 527 g/mol. The van der Waals surface area contributed by atoms with Gasteiger partial charge in [0.2, 0.25) is 15.8 Å². The van der Waals surface area contributed by atoms with Crippen molar-refractivity contribution < 1.29 is 17.9 Å². The minimum absolute atomic E-state index is 0.0107. The Bertz CT molecular complexity index is 1330. The molecule has 0 bridgehead atoms. The normalized spacial score (nSPS) is 17.9. The van der Waals surface area contributed by atoms with Crippen molar-refractivity contribution in [2.24, 2.45) is 5.92 Å². The number of nitrogens with zero attached hydrogens (tertiary/aromatic N) is 5. The Morgan fingerprint density at radius 2 is 1.95 bits per heavy atom. The fourth-order valence-electron chi connectivity index (χ4n) is 4.53. The Balaban J connectivity index is 1.36. The number of benzene rings is 1. The molecule has 0 aliphatic heterocycles. The summed E-state index contributed by atoms with van der Waals surface area (Å²) in [6, 6.07) is 11.1. The first-order valence-electron chi connectivity index (χ1n) is 12.4. The molecule has 11 nitrogen and oxygen atoms in total. The number of tetrazole rings is 1. The Kier molecular flexibility index (Phi) is 8.49. The molecule has 0 radical (unpaired) electrons. The van der Waals surface area contributed by atoms with Gasteiger partial charge in [-0.25, -0.2) is 18.1 Å². The fourth-order valence-corrected chi connectivity index (χ4v) is 5.37. The Hall–Kier alpha value is -3.38. The molecule has 0 spiro atoms. The number of hydrogen-bond acceptors (Lipinski definition) is 8. The van der Waals surface area contributed by atoms with Crippen molar-refractivity contribution >= 4 is 15.9 Å². The van der Waals surface area contributed by atoms with Crippen LogP contribution in [0.25, 0.3) is 11.4 Å². The molecule has 1 fully saturated rings. The number of ether oxygens (including phenoxy) is 1.